The maximum atomic E-state index is 11.7. The Morgan fingerprint density at radius 1 is 1.38 bits per heavy atom. The number of rotatable bonds is 4. The number of carbonyl (C=O) groups excluding carboxylic acids is 1. The Morgan fingerprint density at radius 2 is 2.19 bits per heavy atom. The fourth-order valence-electron chi connectivity index (χ4n) is 2.11. The quantitative estimate of drug-likeness (QED) is 0.795. The van der Waals surface area contributed by atoms with E-state index in [0.717, 1.165) is 17.1 Å². The van der Waals surface area contributed by atoms with E-state index < -0.39 is 5.97 Å². The molecule has 0 bridgehead atoms. The van der Waals surface area contributed by atoms with Crippen molar-refractivity contribution in [3.63, 3.8) is 0 Å². The third kappa shape index (κ3) is 2.54. The highest BCUT2D eigenvalue weighted by Crippen LogP contribution is 2.32. The van der Waals surface area contributed by atoms with Crippen LogP contribution in [0, 0.1) is 6.92 Å². The van der Waals surface area contributed by atoms with Crippen LogP contribution in [0.2, 0.25) is 0 Å². The molecule has 0 saturated heterocycles. The van der Waals surface area contributed by atoms with E-state index in [4.69, 9.17) is 14.2 Å². The second-order valence-corrected chi connectivity index (χ2v) is 4.59. The lowest BCUT2D eigenvalue weighted by Gasteiger charge is -2.05. The molecule has 0 N–H and O–H groups in total. The Bertz CT molecular complexity index is 681. The molecule has 7 heteroatoms. The normalized spacial score (nSPS) is 12.5. The second kappa shape index (κ2) is 5.43. The fraction of sp³-hybridized carbons (Fsp3) is 0.357. The zero-order valence-corrected chi connectivity index (χ0v) is 11.8. The molecule has 1 aliphatic heterocycles. The smallest absolute Gasteiger partial charge is 0.360 e. The summed E-state index contributed by atoms with van der Waals surface area (Å²) in [6, 6.07) is 5.68. The Morgan fingerprint density at radius 3 is 3.00 bits per heavy atom. The summed E-state index contributed by atoms with van der Waals surface area (Å²) in [5.41, 5.74) is 1.91. The molecule has 1 aromatic heterocycles. The van der Waals surface area contributed by atoms with Crippen LogP contribution in [0.5, 0.6) is 11.5 Å². The van der Waals surface area contributed by atoms with Crippen molar-refractivity contribution in [2.45, 2.75) is 20.4 Å². The lowest BCUT2D eigenvalue weighted by atomic mass is 10.2. The van der Waals surface area contributed by atoms with Crippen molar-refractivity contribution in [3.8, 4) is 11.5 Å². The van der Waals surface area contributed by atoms with Crippen molar-refractivity contribution in [1.82, 2.24) is 15.0 Å². The number of benzene rings is 1. The van der Waals surface area contributed by atoms with Crippen LogP contribution in [-0.2, 0) is 11.3 Å². The Labute approximate surface area is 121 Å². The van der Waals surface area contributed by atoms with Crippen LogP contribution in [0.25, 0.3) is 0 Å². The zero-order valence-electron chi connectivity index (χ0n) is 11.8. The molecule has 1 aromatic carbocycles. The van der Waals surface area contributed by atoms with Gasteiger partial charge in [-0.15, -0.1) is 5.10 Å². The Kier molecular flexibility index (Phi) is 3.47. The molecule has 0 spiro atoms. The monoisotopic (exact) mass is 289 g/mol. The standard InChI is InChI=1S/C14H15N3O4/c1-3-19-14(18)13-9(2)17(16-15-13)7-10-4-5-11-12(6-10)21-8-20-11/h4-6H,3,7-8H2,1-2H3. The zero-order chi connectivity index (χ0) is 14.8. The summed E-state index contributed by atoms with van der Waals surface area (Å²) in [6.45, 7) is 4.60. The highest BCUT2D eigenvalue weighted by atomic mass is 16.7. The topological polar surface area (TPSA) is 75.5 Å². The van der Waals surface area contributed by atoms with E-state index in [2.05, 4.69) is 10.3 Å². The van der Waals surface area contributed by atoms with Gasteiger partial charge in [0.05, 0.1) is 18.8 Å². The maximum absolute atomic E-state index is 11.7. The number of nitrogens with zero attached hydrogens (tertiary/aromatic N) is 3. The molecule has 0 aliphatic carbocycles. The van der Waals surface area contributed by atoms with E-state index in [1.165, 1.54) is 0 Å². The number of aromatic nitrogens is 3. The molecule has 1 aliphatic rings. The van der Waals surface area contributed by atoms with Gasteiger partial charge in [-0.1, -0.05) is 11.3 Å². The van der Waals surface area contributed by atoms with Gasteiger partial charge in [0, 0.05) is 0 Å². The molecule has 0 saturated carbocycles. The van der Waals surface area contributed by atoms with E-state index in [-0.39, 0.29) is 12.5 Å². The van der Waals surface area contributed by atoms with Crippen molar-refractivity contribution >= 4 is 5.97 Å². The van der Waals surface area contributed by atoms with Crippen LogP contribution >= 0.6 is 0 Å². The number of esters is 1. The van der Waals surface area contributed by atoms with Crippen LogP contribution in [0.3, 0.4) is 0 Å². The van der Waals surface area contributed by atoms with Gasteiger partial charge in [0.25, 0.3) is 0 Å². The molecule has 2 aromatic rings. The van der Waals surface area contributed by atoms with E-state index >= 15 is 0 Å². The summed E-state index contributed by atoms with van der Waals surface area (Å²) in [5.74, 6) is 1.00. The van der Waals surface area contributed by atoms with Crippen molar-refractivity contribution in [1.29, 1.82) is 0 Å². The summed E-state index contributed by atoms with van der Waals surface area (Å²) in [7, 11) is 0. The average Bonchev–Trinajstić information content (AvgIpc) is 3.06. The molecule has 0 atom stereocenters. The molecule has 0 fully saturated rings. The van der Waals surface area contributed by atoms with Gasteiger partial charge in [0.2, 0.25) is 6.79 Å². The van der Waals surface area contributed by atoms with Gasteiger partial charge in [0.1, 0.15) is 0 Å². The number of hydrogen-bond acceptors (Lipinski definition) is 6. The first kappa shape index (κ1) is 13.4. The molecule has 21 heavy (non-hydrogen) atoms. The predicted molar refractivity (Wildman–Crippen MR) is 72.4 cm³/mol. The molecule has 0 radical (unpaired) electrons. The Balaban J connectivity index is 1.81. The molecule has 7 nitrogen and oxygen atoms in total. The molecule has 0 amide bonds. The first-order valence-electron chi connectivity index (χ1n) is 6.64. The highest BCUT2D eigenvalue weighted by molar-refractivity contribution is 5.88. The lowest BCUT2D eigenvalue weighted by molar-refractivity contribution is 0.0518. The largest absolute Gasteiger partial charge is 0.461 e. The number of fused-ring (bicyclic) bond motifs is 1. The number of hydrogen-bond donors (Lipinski definition) is 0. The van der Waals surface area contributed by atoms with Gasteiger partial charge in [-0.05, 0) is 31.5 Å². The summed E-state index contributed by atoms with van der Waals surface area (Å²) in [4.78, 5) is 11.7. The van der Waals surface area contributed by atoms with E-state index in [1.807, 2.05) is 18.2 Å². The molecular formula is C14H15N3O4. The fourth-order valence-corrected chi connectivity index (χ4v) is 2.11. The Hall–Kier alpha value is -2.57. The van der Waals surface area contributed by atoms with Crippen LogP contribution in [-0.4, -0.2) is 34.4 Å². The van der Waals surface area contributed by atoms with E-state index in [9.17, 15) is 4.79 Å². The highest BCUT2D eigenvalue weighted by Gasteiger charge is 2.18. The minimum absolute atomic E-state index is 0.244. The van der Waals surface area contributed by atoms with E-state index in [0.29, 0.717) is 18.8 Å². The first-order chi connectivity index (χ1) is 10.2. The SMILES string of the molecule is CCOC(=O)c1nnn(Cc2ccc3c(c2)OCO3)c1C. The van der Waals surface area contributed by atoms with Crippen molar-refractivity contribution < 1.29 is 19.0 Å². The second-order valence-electron chi connectivity index (χ2n) is 4.59. The van der Waals surface area contributed by atoms with E-state index in [1.54, 1.807) is 18.5 Å². The minimum Gasteiger partial charge on any atom is -0.461 e. The van der Waals surface area contributed by atoms with Gasteiger partial charge in [-0.3, -0.25) is 0 Å². The summed E-state index contributed by atoms with van der Waals surface area (Å²) < 4.78 is 17.2. The van der Waals surface area contributed by atoms with Gasteiger partial charge < -0.3 is 14.2 Å². The summed E-state index contributed by atoms with van der Waals surface area (Å²) in [6.07, 6.45) is 0. The lowest BCUT2D eigenvalue weighted by Crippen LogP contribution is -2.08. The molecule has 2 heterocycles. The third-order valence-corrected chi connectivity index (χ3v) is 3.22. The van der Waals surface area contributed by atoms with Crippen LogP contribution < -0.4 is 9.47 Å². The molecule has 110 valence electrons. The van der Waals surface area contributed by atoms with Gasteiger partial charge in [-0.2, -0.15) is 0 Å². The number of ether oxygens (including phenoxy) is 3. The summed E-state index contributed by atoms with van der Waals surface area (Å²) >= 11 is 0. The van der Waals surface area contributed by atoms with Crippen molar-refractivity contribution in [2.24, 2.45) is 0 Å². The van der Waals surface area contributed by atoms with Crippen molar-refractivity contribution in [2.75, 3.05) is 13.4 Å². The van der Waals surface area contributed by atoms with Crippen LogP contribution in [0.4, 0.5) is 0 Å². The minimum atomic E-state index is -0.452. The van der Waals surface area contributed by atoms with Gasteiger partial charge in [-0.25, -0.2) is 9.48 Å². The van der Waals surface area contributed by atoms with Gasteiger partial charge >= 0.3 is 5.97 Å². The first-order valence-corrected chi connectivity index (χ1v) is 6.64. The van der Waals surface area contributed by atoms with Crippen LogP contribution in [0.1, 0.15) is 28.7 Å². The molecule has 3 rings (SSSR count). The van der Waals surface area contributed by atoms with Gasteiger partial charge in [0.15, 0.2) is 17.2 Å². The number of carbonyl (C=O) groups is 1. The predicted octanol–water partition coefficient (Wildman–Crippen LogP) is 1.54. The summed E-state index contributed by atoms with van der Waals surface area (Å²) in [5, 5.41) is 7.89. The van der Waals surface area contributed by atoms with Crippen molar-refractivity contribution in [3.05, 3.63) is 35.2 Å². The molecule has 0 unspecified atom stereocenters. The average molecular weight is 289 g/mol. The molecular weight excluding hydrogens is 274 g/mol. The third-order valence-electron chi connectivity index (χ3n) is 3.22. The van der Waals surface area contributed by atoms with Crippen LogP contribution in [0.15, 0.2) is 18.2 Å². The maximum Gasteiger partial charge on any atom is 0.360 e.